The van der Waals surface area contributed by atoms with Gasteiger partial charge in [0, 0.05) is 5.69 Å². The molecule has 0 radical (unpaired) electrons. The summed E-state index contributed by atoms with van der Waals surface area (Å²) in [5.41, 5.74) is 3.60. The zero-order valence-electron chi connectivity index (χ0n) is 14.3. The lowest BCUT2D eigenvalue weighted by Gasteiger charge is -2.14. The zero-order chi connectivity index (χ0) is 17.7. The Morgan fingerprint density at radius 3 is 2.25 bits per heavy atom. The molecule has 5 heteroatoms. The first-order valence-electron chi connectivity index (χ1n) is 7.61. The number of para-hydroxylation sites is 1. The van der Waals surface area contributed by atoms with Crippen molar-refractivity contribution in [3.8, 4) is 5.75 Å². The Balaban J connectivity index is 2.07. The summed E-state index contributed by atoms with van der Waals surface area (Å²) in [6.45, 7) is 5.52. The molecule has 0 aromatic heterocycles. The van der Waals surface area contributed by atoms with E-state index in [9.17, 15) is 9.59 Å². The van der Waals surface area contributed by atoms with Gasteiger partial charge in [0.2, 0.25) is 0 Å². The van der Waals surface area contributed by atoms with Crippen molar-refractivity contribution in [1.29, 1.82) is 0 Å². The number of methoxy groups -OCH3 is 1. The lowest BCUT2D eigenvalue weighted by molar-refractivity contribution is -0.118. The molecule has 0 aliphatic carbocycles. The molecule has 126 valence electrons. The first-order chi connectivity index (χ1) is 11.4. The number of ether oxygens (including phenoxy) is 2. The quantitative estimate of drug-likeness (QED) is 0.855. The van der Waals surface area contributed by atoms with Crippen LogP contribution in [0.5, 0.6) is 5.75 Å². The highest BCUT2D eigenvalue weighted by Gasteiger charge is 2.14. The number of hydrogen-bond acceptors (Lipinski definition) is 4. The third-order valence-electron chi connectivity index (χ3n) is 3.77. The Labute approximate surface area is 141 Å². The van der Waals surface area contributed by atoms with Gasteiger partial charge in [-0.05, 0) is 49.6 Å². The van der Waals surface area contributed by atoms with E-state index in [1.165, 1.54) is 7.11 Å². The van der Waals surface area contributed by atoms with Gasteiger partial charge in [-0.25, -0.2) is 4.79 Å². The number of rotatable bonds is 5. The summed E-state index contributed by atoms with van der Waals surface area (Å²) in [5, 5.41) is 2.77. The predicted molar refractivity (Wildman–Crippen MR) is 92.6 cm³/mol. The van der Waals surface area contributed by atoms with Gasteiger partial charge in [-0.2, -0.15) is 0 Å². The summed E-state index contributed by atoms with van der Waals surface area (Å²) >= 11 is 0. The first kappa shape index (κ1) is 17.5. The number of carbonyl (C=O) groups is 2. The van der Waals surface area contributed by atoms with Gasteiger partial charge in [0.1, 0.15) is 5.75 Å². The van der Waals surface area contributed by atoms with E-state index in [0.717, 1.165) is 11.1 Å². The highest BCUT2D eigenvalue weighted by atomic mass is 16.5. The lowest BCUT2D eigenvalue weighted by Crippen LogP contribution is -2.21. The van der Waals surface area contributed by atoms with Crippen LogP contribution in [0.25, 0.3) is 0 Å². The van der Waals surface area contributed by atoms with Gasteiger partial charge in [-0.3, -0.25) is 4.79 Å². The average molecular weight is 327 g/mol. The molecule has 2 aromatic rings. The molecule has 24 heavy (non-hydrogen) atoms. The Hall–Kier alpha value is -2.82. The van der Waals surface area contributed by atoms with Crippen LogP contribution >= 0.6 is 0 Å². The van der Waals surface area contributed by atoms with Gasteiger partial charge < -0.3 is 14.8 Å². The van der Waals surface area contributed by atoms with Crippen molar-refractivity contribution in [3.63, 3.8) is 0 Å². The summed E-state index contributed by atoms with van der Waals surface area (Å²) in [6, 6.07) is 10.9. The number of esters is 1. The van der Waals surface area contributed by atoms with Crippen LogP contribution in [0.15, 0.2) is 36.4 Å². The minimum atomic E-state index is -0.435. The van der Waals surface area contributed by atoms with E-state index in [1.54, 1.807) is 25.1 Å². The molecular formula is C19H21NO4. The van der Waals surface area contributed by atoms with E-state index in [0.29, 0.717) is 22.6 Å². The highest BCUT2D eigenvalue weighted by molar-refractivity contribution is 5.97. The third-order valence-corrected chi connectivity index (χ3v) is 3.77. The molecule has 1 amide bonds. The van der Waals surface area contributed by atoms with Crippen molar-refractivity contribution >= 4 is 17.6 Å². The van der Waals surface area contributed by atoms with Crippen molar-refractivity contribution in [2.45, 2.75) is 20.8 Å². The zero-order valence-corrected chi connectivity index (χ0v) is 14.3. The predicted octanol–water partition coefficient (Wildman–Crippen LogP) is 3.42. The van der Waals surface area contributed by atoms with Crippen molar-refractivity contribution < 1.29 is 19.1 Å². The molecule has 0 spiro atoms. The molecule has 0 aliphatic rings. The van der Waals surface area contributed by atoms with Crippen molar-refractivity contribution in [2.75, 3.05) is 19.0 Å². The fourth-order valence-corrected chi connectivity index (χ4v) is 2.45. The minimum Gasteiger partial charge on any atom is -0.483 e. The van der Waals surface area contributed by atoms with E-state index in [1.807, 2.05) is 32.0 Å². The van der Waals surface area contributed by atoms with Crippen LogP contribution < -0.4 is 10.1 Å². The van der Waals surface area contributed by atoms with Crippen LogP contribution in [0.3, 0.4) is 0 Å². The van der Waals surface area contributed by atoms with E-state index in [-0.39, 0.29) is 12.5 Å². The number of carbonyl (C=O) groups excluding carboxylic acids is 2. The Bertz CT molecular complexity index is 748. The van der Waals surface area contributed by atoms with E-state index in [2.05, 4.69) is 5.32 Å². The van der Waals surface area contributed by atoms with E-state index in [4.69, 9.17) is 9.47 Å². The smallest absolute Gasteiger partial charge is 0.338 e. The number of hydrogen-bond donors (Lipinski definition) is 1. The molecule has 2 rings (SSSR count). The second-order valence-corrected chi connectivity index (χ2v) is 5.53. The number of nitrogens with one attached hydrogen (secondary N) is 1. The van der Waals surface area contributed by atoms with Crippen LogP contribution in [0, 0.1) is 20.8 Å². The lowest BCUT2D eigenvalue weighted by atomic mass is 10.1. The van der Waals surface area contributed by atoms with Gasteiger partial charge >= 0.3 is 5.97 Å². The molecule has 1 N–H and O–H groups in total. The molecule has 0 saturated carbocycles. The van der Waals surface area contributed by atoms with Crippen molar-refractivity contribution in [1.82, 2.24) is 0 Å². The monoisotopic (exact) mass is 327 g/mol. The second-order valence-electron chi connectivity index (χ2n) is 5.53. The topological polar surface area (TPSA) is 64.6 Å². The normalized spacial score (nSPS) is 10.2. The average Bonchev–Trinajstić information content (AvgIpc) is 2.55. The molecule has 0 unspecified atom stereocenters. The molecule has 0 bridgehead atoms. The molecule has 2 aromatic carbocycles. The van der Waals surface area contributed by atoms with Gasteiger partial charge in [-0.15, -0.1) is 0 Å². The number of amides is 1. The van der Waals surface area contributed by atoms with Gasteiger partial charge in [0.25, 0.3) is 5.91 Å². The Morgan fingerprint density at radius 2 is 1.62 bits per heavy atom. The molecule has 0 atom stereocenters. The highest BCUT2D eigenvalue weighted by Crippen LogP contribution is 2.23. The van der Waals surface area contributed by atoms with Crippen LogP contribution in [0.1, 0.15) is 27.0 Å². The third kappa shape index (κ3) is 3.93. The van der Waals surface area contributed by atoms with Crippen LogP contribution in [0.4, 0.5) is 5.69 Å². The maximum absolute atomic E-state index is 12.2. The number of anilines is 1. The fourth-order valence-electron chi connectivity index (χ4n) is 2.45. The molecule has 5 nitrogen and oxygen atoms in total. The second kappa shape index (κ2) is 7.64. The minimum absolute atomic E-state index is 0.104. The number of aryl methyl sites for hydroxylation is 2. The molecule has 0 aliphatic heterocycles. The first-order valence-corrected chi connectivity index (χ1v) is 7.61. The van der Waals surface area contributed by atoms with Gasteiger partial charge in [0.15, 0.2) is 6.61 Å². The maximum atomic E-state index is 12.2. The molecular weight excluding hydrogens is 306 g/mol. The Kier molecular flexibility index (Phi) is 5.58. The van der Waals surface area contributed by atoms with Crippen LogP contribution in [-0.2, 0) is 9.53 Å². The molecule has 0 heterocycles. The summed E-state index contributed by atoms with van der Waals surface area (Å²) < 4.78 is 10.4. The van der Waals surface area contributed by atoms with Crippen molar-refractivity contribution in [2.24, 2.45) is 0 Å². The SMILES string of the molecule is COC(=O)c1cccc(NC(=O)COc2c(C)cccc2C)c1C. The van der Waals surface area contributed by atoms with E-state index < -0.39 is 5.97 Å². The maximum Gasteiger partial charge on any atom is 0.338 e. The Morgan fingerprint density at radius 1 is 1.00 bits per heavy atom. The van der Waals surface area contributed by atoms with Crippen molar-refractivity contribution in [3.05, 3.63) is 58.7 Å². The van der Waals surface area contributed by atoms with Gasteiger partial charge in [-0.1, -0.05) is 24.3 Å². The fraction of sp³-hybridized carbons (Fsp3) is 0.263. The largest absolute Gasteiger partial charge is 0.483 e. The van der Waals surface area contributed by atoms with Crippen LogP contribution in [-0.4, -0.2) is 25.6 Å². The molecule has 0 fully saturated rings. The van der Waals surface area contributed by atoms with Crippen LogP contribution in [0.2, 0.25) is 0 Å². The number of benzene rings is 2. The molecule has 0 saturated heterocycles. The van der Waals surface area contributed by atoms with Gasteiger partial charge in [0.05, 0.1) is 12.7 Å². The standard InChI is InChI=1S/C19H21NO4/c1-12-7-5-8-13(2)18(12)24-11-17(21)20-16-10-6-9-15(14(16)3)19(22)23-4/h5-10H,11H2,1-4H3,(H,20,21). The summed E-state index contributed by atoms with van der Waals surface area (Å²) in [5.74, 6) is -0.00848. The summed E-state index contributed by atoms with van der Waals surface area (Å²) in [6.07, 6.45) is 0. The summed E-state index contributed by atoms with van der Waals surface area (Å²) in [7, 11) is 1.32. The summed E-state index contributed by atoms with van der Waals surface area (Å²) in [4.78, 5) is 23.9. The van der Waals surface area contributed by atoms with E-state index >= 15 is 0 Å².